The summed E-state index contributed by atoms with van der Waals surface area (Å²) in [7, 11) is 0. The van der Waals surface area contributed by atoms with E-state index in [0.29, 0.717) is 17.9 Å². The topological polar surface area (TPSA) is 50.7 Å². The molecule has 0 fully saturated rings. The summed E-state index contributed by atoms with van der Waals surface area (Å²) in [5.41, 5.74) is 2.47. The third-order valence-electron chi connectivity index (χ3n) is 5.50. The number of H-pyrrole nitrogens is 1. The molecule has 0 amide bonds. The van der Waals surface area contributed by atoms with Crippen molar-refractivity contribution < 1.29 is 13.2 Å². The first-order valence-corrected chi connectivity index (χ1v) is 10.4. The Kier molecular flexibility index (Phi) is 5.30. The molecule has 2 aliphatic heterocycles. The maximum atomic E-state index is 14.5. The molecule has 1 N–H and O–H groups in total. The summed E-state index contributed by atoms with van der Waals surface area (Å²) >= 11 is 0. The monoisotopic (exact) mass is 445 g/mol. The van der Waals surface area contributed by atoms with Crippen molar-refractivity contribution in [2.75, 3.05) is 0 Å². The molecule has 2 aliphatic rings. The van der Waals surface area contributed by atoms with E-state index in [4.69, 9.17) is 0 Å². The van der Waals surface area contributed by atoms with Crippen LogP contribution in [0.5, 0.6) is 0 Å². The van der Waals surface area contributed by atoms with E-state index < -0.39 is 11.6 Å². The smallest absolute Gasteiger partial charge is 0.278 e. The lowest BCUT2D eigenvalue weighted by molar-refractivity contribution is 0.511. The average molecular weight is 445 g/mol. The largest absolute Gasteiger partial charge is 0.354 e. The quantitative estimate of drug-likeness (QED) is 0.401. The molecule has 4 nitrogen and oxygen atoms in total. The van der Waals surface area contributed by atoms with Crippen molar-refractivity contribution in [3.05, 3.63) is 129 Å². The number of rotatable bonds is 5. The van der Waals surface area contributed by atoms with Gasteiger partial charge >= 0.3 is 0 Å². The van der Waals surface area contributed by atoms with E-state index in [1.807, 2.05) is 30.3 Å². The zero-order chi connectivity index (χ0) is 22.9. The van der Waals surface area contributed by atoms with Crippen molar-refractivity contribution in [3.63, 3.8) is 0 Å². The van der Waals surface area contributed by atoms with E-state index >= 15 is 0 Å². The van der Waals surface area contributed by atoms with Crippen LogP contribution in [0.2, 0.25) is 0 Å². The van der Waals surface area contributed by atoms with Crippen LogP contribution in [0.15, 0.2) is 83.8 Å². The second kappa shape index (κ2) is 8.43. The number of aromatic nitrogens is 3. The zero-order valence-electron chi connectivity index (χ0n) is 17.4. The zero-order valence-corrected chi connectivity index (χ0v) is 17.4. The SMILES string of the molecule is O=c1c(Cc2ccc(F)cc2)nc2c(Cc3ccccc3)[nH]c(-c3cccc(F)c3F)cn1-2. The van der Waals surface area contributed by atoms with Crippen molar-refractivity contribution in [2.45, 2.75) is 12.8 Å². The average Bonchev–Trinajstić information content (AvgIpc) is 3.13. The summed E-state index contributed by atoms with van der Waals surface area (Å²) < 4.78 is 43.0. The molecule has 33 heavy (non-hydrogen) atoms. The molecule has 0 saturated heterocycles. The standard InChI is InChI=1S/C26H18F3N3O/c27-18-11-9-17(10-12-18)14-22-26(33)32-15-23(19-7-4-8-20(28)24(19)29)30-21(25(32)31-22)13-16-5-2-1-3-6-16/h1-12,15,30H,13-14H2. The summed E-state index contributed by atoms with van der Waals surface area (Å²) in [6.07, 6.45) is 2.06. The van der Waals surface area contributed by atoms with Crippen molar-refractivity contribution in [1.82, 2.24) is 14.5 Å². The second-order valence-corrected chi connectivity index (χ2v) is 7.77. The number of fused-ring (bicyclic) bond motifs is 1. The van der Waals surface area contributed by atoms with Gasteiger partial charge in [-0.3, -0.25) is 9.36 Å². The Morgan fingerprint density at radius 3 is 2.30 bits per heavy atom. The van der Waals surface area contributed by atoms with Crippen molar-refractivity contribution in [3.8, 4) is 17.1 Å². The molecule has 0 aliphatic carbocycles. The fourth-order valence-corrected chi connectivity index (χ4v) is 3.86. The van der Waals surface area contributed by atoms with E-state index in [1.54, 1.807) is 12.1 Å². The molecule has 0 radical (unpaired) electrons. The molecule has 0 aromatic heterocycles. The van der Waals surface area contributed by atoms with Gasteiger partial charge in [-0.2, -0.15) is 0 Å². The Labute approximate surface area is 187 Å². The number of imidazole rings is 1. The van der Waals surface area contributed by atoms with Crippen LogP contribution in [-0.4, -0.2) is 14.5 Å². The maximum absolute atomic E-state index is 14.5. The minimum atomic E-state index is -1.00. The number of benzene rings is 3. The van der Waals surface area contributed by atoms with Gasteiger partial charge in [0, 0.05) is 24.6 Å². The Balaban J connectivity index is 1.67. The molecule has 0 unspecified atom stereocenters. The van der Waals surface area contributed by atoms with Crippen molar-refractivity contribution in [2.24, 2.45) is 0 Å². The second-order valence-electron chi connectivity index (χ2n) is 7.77. The fraction of sp³-hybridized carbons (Fsp3) is 0.0769. The molecule has 3 aromatic carbocycles. The lowest BCUT2D eigenvalue weighted by Gasteiger charge is -2.14. The Morgan fingerprint density at radius 2 is 1.55 bits per heavy atom. The normalized spacial score (nSPS) is 11.2. The minimum absolute atomic E-state index is 0.0133. The van der Waals surface area contributed by atoms with Crippen LogP contribution in [0.25, 0.3) is 17.1 Å². The van der Waals surface area contributed by atoms with Crippen LogP contribution in [0, 0.1) is 17.5 Å². The van der Waals surface area contributed by atoms with E-state index in [-0.39, 0.29) is 34.7 Å². The molecular formula is C26H18F3N3O. The van der Waals surface area contributed by atoms with Crippen LogP contribution in [0.4, 0.5) is 13.2 Å². The summed E-state index contributed by atoms with van der Waals surface area (Å²) in [4.78, 5) is 20.9. The van der Waals surface area contributed by atoms with Crippen LogP contribution in [0.3, 0.4) is 0 Å². The molecule has 2 heterocycles. The van der Waals surface area contributed by atoms with E-state index in [2.05, 4.69) is 9.97 Å². The van der Waals surface area contributed by atoms with Crippen LogP contribution in [0.1, 0.15) is 22.5 Å². The van der Waals surface area contributed by atoms with E-state index in [1.165, 1.54) is 35.0 Å². The first-order chi connectivity index (χ1) is 16.0. The van der Waals surface area contributed by atoms with Crippen molar-refractivity contribution in [1.29, 1.82) is 0 Å². The minimum Gasteiger partial charge on any atom is -0.354 e. The summed E-state index contributed by atoms with van der Waals surface area (Å²) in [6.45, 7) is 0. The maximum Gasteiger partial charge on any atom is 0.278 e. The van der Waals surface area contributed by atoms with Gasteiger partial charge in [-0.25, -0.2) is 18.2 Å². The highest BCUT2D eigenvalue weighted by Crippen LogP contribution is 2.26. The number of aromatic amines is 1. The number of halogens is 3. The van der Waals surface area contributed by atoms with Gasteiger partial charge in [-0.05, 0) is 35.4 Å². The van der Waals surface area contributed by atoms with E-state index in [0.717, 1.165) is 17.2 Å². The fourth-order valence-electron chi connectivity index (χ4n) is 3.86. The summed E-state index contributed by atoms with van der Waals surface area (Å²) in [5.74, 6) is -1.94. The van der Waals surface area contributed by atoms with E-state index in [9.17, 15) is 18.0 Å². The van der Waals surface area contributed by atoms with Crippen LogP contribution >= 0.6 is 0 Å². The van der Waals surface area contributed by atoms with Crippen LogP contribution < -0.4 is 5.56 Å². The first kappa shape index (κ1) is 20.8. The van der Waals surface area contributed by atoms with Gasteiger partial charge in [-0.15, -0.1) is 0 Å². The number of hydrogen-bond donors (Lipinski definition) is 1. The van der Waals surface area contributed by atoms with Gasteiger partial charge in [-0.1, -0.05) is 48.5 Å². The first-order valence-electron chi connectivity index (χ1n) is 10.4. The lowest BCUT2D eigenvalue weighted by atomic mass is 10.1. The highest BCUT2D eigenvalue weighted by atomic mass is 19.2. The molecule has 0 spiro atoms. The van der Waals surface area contributed by atoms with Crippen LogP contribution in [-0.2, 0) is 12.8 Å². The molecular weight excluding hydrogens is 427 g/mol. The number of nitrogens with one attached hydrogen (secondary N) is 1. The highest BCUT2D eigenvalue weighted by molar-refractivity contribution is 5.61. The predicted molar refractivity (Wildman–Crippen MR) is 119 cm³/mol. The Bertz CT molecular complexity index is 1460. The van der Waals surface area contributed by atoms with Gasteiger partial charge < -0.3 is 4.98 Å². The lowest BCUT2D eigenvalue weighted by Crippen LogP contribution is -2.18. The highest BCUT2D eigenvalue weighted by Gasteiger charge is 2.22. The number of nitrogens with zero attached hydrogens (tertiary/aromatic N) is 2. The Hall–Kier alpha value is -4.13. The van der Waals surface area contributed by atoms with Gasteiger partial charge in [0.2, 0.25) is 0 Å². The Morgan fingerprint density at radius 1 is 0.818 bits per heavy atom. The van der Waals surface area contributed by atoms with Gasteiger partial charge in [0.1, 0.15) is 11.5 Å². The van der Waals surface area contributed by atoms with Gasteiger partial charge in [0.25, 0.3) is 5.56 Å². The molecule has 7 heteroatoms. The van der Waals surface area contributed by atoms with Gasteiger partial charge in [0.15, 0.2) is 17.5 Å². The molecule has 3 aromatic rings. The van der Waals surface area contributed by atoms with Gasteiger partial charge in [0.05, 0.1) is 11.4 Å². The number of hydrogen-bond acceptors (Lipinski definition) is 2. The summed E-state index contributed by atoms with van der Waals surface area (Å²) in [5, 5.41) is 0. The summed E-state index contributed by atoms with van der Waals surface area (Å²) in [6, 6.07) is 19.3. The molecule has 164 valence electrons. The predicted octanol–water partition coefficient (Wildman–Crippen LogP) is 5.26. The molecule has 0 bridgehead atoms. The third kappa shape index (κ3) is 4.05. The molecule has 0 atom stereocenters. The third-order valence-corrected chi connectivity index (χ3v) is 5.50. The van der Waals surface area contributed by atoms with Crippen molar-refractivity contribution >= 4 is 0 Å². The molecule has 0 saturated carbocycles. The molecule has 5 rings (SSSR count).